The summed E-state index contributed by atoms with van der Waals surface area (Å²) in [5, 5.41) is 0.0738. The van der Waals surface area contributed by atoms with Gasteiger partial charge in [0.25, 0.3) is 0 Å². The average molecular weight is 271 g/mol. The first-order chi connectivity index (χ1) is 8.61. The molecule has 1 aliphatic heterocycles. The van der Waals surface area contributed by atoms with Gasteiger partial charge in [0.05, 0.1) is 13.2 Å². The lowest BCUT2D eigenvalue weighted by atomic mass is 10.00. The molecule has 1 saturated heterocycles. The molecule has 0 radical (unpaired) electrons. The van der Waals surface area contributed by atoms with Gasteiger partial charge in [-0.05, 0) is 37.8 Å². The van der Waals surface area contributed by atoms with Crippen molar-refractivity contribution in [2.24, 2.45) is 0 Å². The van der Waals surface area contributed by atoms with Gasteiger partial charge in [0, 0.05) is 6.54 Å². The smallest absolute Gasteiger partial charge is 0.322 e. The van der Waals surface area contributed by atoms with Gasteiger partial charge in [-0.1, -0.05) is 0 Å². The fourth-order valence-electron chi connectivity index (χ4n) is 2.14. The summed E-state index contributed by atoms with van der Waals surface area (Å²) in [5.74, 6) is 0.525. The van der Waals surface area contributed by atoms with E-state index in [4.69, 9.17) is 16.3 Å². The molecule has 0 saturated carbocycles. The van der Waals surface area contributed by atoms with Gasteiger partial charge in [-0.3, -0.25) is 4.79 Å². The number of methoxy groups -OCH3 is 1. The van der Waals surface area contributed by atoms with E-state index in [2.05, 4.69) is 15.0 Å². The number of hydrogen-bond donors (Lipinski definition) is 0. The summed E-state index contributed by atoms with van der Waals surface area (Å²) >= 11 is 5.82. The lowest BCUT2D eigenvalue weighted by Crippen LogP contribution is -2.44. The molecule has 7 heteroatoms. The minimum Gasteiger partial charge on any atom is -0.467 e. The molecule has 1 aromatic heterocycles. The third kappa shape index (κ3) is 2.69. The van der Waals surface area contributed by atoms with E-state index in [0.717, 1.165) is 25.8 Å². The Hall–Kier alpha value is -1.43. The van der Waals surface area contributed by atoms with Gasteiger partial charge < -0.3 is 9.64 Å². The number of nitrogens with zero attached hydrogens (tertiary/aromatic N) is 4. The van der Waals surface area contributed by atoms with Crippen molar-refractivity contribution in [3.63, 3.8) is 0 Å². The molecule has 98 valence electrons. The molecule has 6 nitrogen and oxygen atoms in total. The van der Waals surface area contributed by atoms with Crippen LogP contribution in [0.5, 0.6) is 6.01 Å². The Bertz CT molecular complexity index is 455. The highest BCUT2D eigenvalue weighted by Crippen LogP contribution is 2.24. The topological polar surface area (TPSA) is 68.2 Å². The van der Waals surface area contributed by atoms with Crippen LogP contribution in [0.3, 0.4) is 0 Å². The second-order valence-electron chi connectivity index (χ2n) is 4.21. The van der Waals surface area contributed by atoms with Crippen molar-refractivity contribution in [2.45, 2.75) is 32.2 Å². The Morgan fingerprint density at radius 3 is 2.83 bits per heavy atom. The maximum atomic E-state index is 11.6. The first-order valence-corrected chi connectivity index (χ1v) is 6.22. The second-order valence-corrected chi connectivity index (χ2v) is 4.54. The van der Waals surface area contributed by atoms with Crippen LogP contribution in [0, 0.1) is 0 Å². The third-order valence-electron chi connectivity index (χ3n) is 2.99. The van der Waals surface area contributed by atoms with Crippen LogP contribution in [-0.2, 0) is 4.79 Å². The predicted molar refractivity (Wildman–Crippen MR) is 67.1 cm³/mol. The van der Waals surface area contributed by atoms with Crippen LogP contribution in [0.1, 0.15) is 26.2 Å². The number of hydrogen-bond acceptors (Lipinski definition) is 6. The molecule has 2 heterocycles. The molecule has 0 bridgehead atoms. The maximum Gasteiger partial charge on any atom is 0.322 e. The molecule has 0 aliphatic carbocycles. The zero-order chi connectivity index (χ0) is 13.1. The predicted octanol–water partition coefficient (Wildman–Crippen LogP) is 1.48. The summed E-state index contributed by atoms with van der Waals surface area (Å²) in [6, 6.07) is -0.0141. The van der Waals surface area contributed by atoms with Crippen molar-refractivity contribution in [3.05, 3.63) is 5.28 Å². The lowest BCUT2D eigenvalue weighted by molar-refractivity contribution is -0.118. The molecular weight excluding hydrogens is 256 g/mol. The van der Waals surface area contributed by atoms with Crippen molar-refractivity contribution in [1.82, 2.24) is 15.0 Å². The largest absolute Gasteiger partial charge is 0.467 e. The zero-order valence-electron chi connectivity index (χ0n) is 10.4. The summed E-state index contributed by atoms with van der Waals surface area (Å²) in [7, 11) is 1.47. The van der Waals surface area contributed by atoms with Gasteiger partial charge in [0.1, 0.15) is 0 Å². The van der Waals surface area contributed by atoms with Gasteiger partial charge in [0.2, 0.25) is 11.2 Å². The number of halogens is 1. The van der Waals surface area contributed by atoms with E-state index in [1.807, 2.05) is 4.90 Å². The molecule has 18 heavy (non-hydrogen) atoms. The normalized spacial score (nSPS) is 19.7. The number of ketones is 1. The monoisotopic (exact) mass is 270 g/mol. The maximum absolute atomic E-state index is 11.6. The number of Topliss-reactive ketones (excluding diaryl/α,β-unsaturated/α-hetero) is 1. The molecule has 1 unspecified atom stereocenters. The first-order valence-electron chi connectivity index (χ1n) is 5.84. The van der Waals surface area contributed by atoms with Gasteiger partial charge >= 0.3 is 6.01 Å². The summed E-state index contributed by atoms with van der Waals surface area (Å²) in [5.41, 5.74) is 0. The quantitative estimate of drug-likeness (QED) is 0.829. The molecule has 1 aromatic rings. The Balaban J connectivity index is 2.33. The fraction of sp³-hybridized carbons (Fsp3) is 0.636. The number of carbonyl (C=O) groups excluding carboxylic acids is 1. The Morgan fingerprint density at radius 2 is 2.17 bits per heavy atom. The van der Waals surface area contributed by atoms with E-state index in [1.165, 1.54) is 7.11 Å². The molecule has 2 rings (SSSR count). The average Bonchev–Trinajstić information content (AvgIpc) is 2.38. The molecular formula is C11H15ClN4O2. The number of piperidine rings is 1. The lowest BCUT2D eigenvalue weighted by Gasteiger charge is -2.33. The zero-order valence-corrected chi connectivity index (χ0v) is 11.1. The Kier molecular flexibility index (Phi) is 3.96. The van der Waals surface area contributed by atoms with Gasteiger partial charge in [0.15, 0.2) is 5.78 Å². The van der Waals surface area contributed by atoms with Crippen molar-refractivity contribution in [2.75, 3.05) is 18.6 Å². The standard InChI is InChI=1S/C11H15ClN4O2/c1-7(17)8-5-3-4-6-16(8)10-13-9(12)14-11(15-10)18-2/h8H,3-6H2,1-2H3. The van der Waals surface area contributed by atoms with Crippen LogP contribution in [0.2, 0.25) is 5.28 Å². The van der Waals surface area contributed by atoms with Crippen molar-refractivity contribution < 1.29 is 9.53 Å². The Labute approximate surface area is 110 Å². The third-order valence-corrected chi connectivity index (χ3v) is 3.16. The Morgan fingerprint density at radius 1 is 1.39 bits per heavy atom. The first kappa shape index (κ1) is 13.0. The van der Waals surface area contributed by atoms with E-state index in [-0.39, 0.29) is 23.1 Å². The minimum absolute atomic E-state index is 0.0738. The van der Waals surface area contributed by atoms with Crippen LogP contribution in [-0.4, -0.2) is 40.4 Å². The van der Waals surface area contributed by atoms with E-state index < -0.39 is 0 Å². The molecule has 0 spiro atoms. The highest BCUT2D eigenvalue weighted by atomic mass is 35.5. The van der Waals surface area contributed by atoms with Crippen LogP contribution in [0.4, 0.5) is 5.95 Å². The van der Waals surface area contributed by atoms with Crippen molar-refractivity contribution >= 4 is 23.3 Å². The van der Waals surface area contributed by atoms with Crippen molar-refractivity contribution in [1.29, 1.82) is 0 Å². The number of rotatable bonds is 3. The SMILES string of the molecule is COc1nc(Cl)nc(N2CCCCC2C(C)=O)n1. The van der Waals surface area contributed by atoms with E-state index in [1.54, 1.807) is 6.92 Å². The second kappa shape index (κ2) is 5.48. The van der Waals surface area contributed by atoms with E-state index >= 15 is 0 Å². The summed E-state index contributed by atoms with van der Waals surface area (Å²) in [4.78, 5) is 25.6. The molecule has 1 atom stereocenters. The van der Waals surface area contributed by atoms with Crippen molar-refractivity contribution in [3.8, 4) is 6.01 Å². The van der Waals surface area contributed by atoms with Crippen LogP contribution in [0.25, 0.3) is 0 Å². The van der Waals surface area contributed by atoms with Gasteiger partial charge in [-0.25, -0.2) is 0 Å². The van der Waals surface area contributed by atoms with Gasteiger partial charge in [-0.15, -0.1) is 0 Å². The highest BCUT2D eigenvalue weighted by molar-refractivity contribution is 6.28. The number of carbonyl (C=O) groups is 1. The molecule has 1 fully saturated rings. The molecule has 1 aliphatic rings. The number of ether oxygens (including phenoxy) is 1. The van der Waals surface area contributed by atoms with Crippen LogP contribution in [0.15, 0.2) is 0 Å². The van der Waals surface area contributed by atoms with Gasteiger partial charge in [-0.2, -0.15) is 15.0 Å². The summed E-state index contributed by atoms with van der Waals surface area (Å²) in [6.07, 6.45) is 2.87. The molecule has 0 N–H and O–H groups in total. The van der Waals surface area contributed by atoms with E-state index in [9.17, 15) is 4.79 Å². The van der Waals surface area contributed by atoms with Crippen LogP contribution >= 0.6 is 11.6 Å². The number of aromatic nitrogens is 3. The molecule has 0 aromatic carbocycles. The fourth-order valence-corrected chi connectivity index (χ4v) is 2.28. The number of anilines is 1. The summed E-state index contributed by atoms with van der Waals surface area (Å²) < 4.78 is 4.96. The minimum atomic E-state index is -0.179. The highest BCUT2D eigenvalue weighted by Gasteiger charge is 2.28. The summed E-state index contributed by atoms with van der Waals surface area (Å²) in [6.45, 7) is 2.33. The molecule has 0 amide bonds. The van der Waals surface area contributed by atoms with Crippen LogP contribution < -0.4 is 9.64 Å². The van der Waals surface area contributed by atoms with E-state index in [0.29, 0.717) is 5.95 Å².